The highest BCUT2D eigenvalue weighted by Crippen LogP contribution is 2.30. The fraction of sp³-hybridized carbons (Fsp3) is 0.406. The first-order valence-electron chi connectivity index (χ1n) is 14.2. The molecule has 222 valence electrons. The van der Waals surface area contributed by atoms with Crippen LogP contribution in [0, 0.1) is 11.6 Å². The third-order valence-electron chi connectivity index (χ3n) is 7.32. The molecule has 0 fully saturated rings. The van der Waals surface area contributed by atoms with Crippen LogP contribution in [0.25, 0.3) is 0 Å². The quantitative estimate of drug-likeness (QED) is 0.214. The van der Waals surface area contributed by atoms with Gasteiger partial charge in [0, 0.05) is 44.4 Å². The summed E-state index contributed by atoms with van der Waals surface area (Å²) in [5.41, 5.74) is 5.12. The van der Waals surface area contributed by atoms with Crippen LogP contribution < -0.4 is 20.9 Å². The maximum Gasteiger partial charge on any atom is 0.251 e. The number of hydrogen-bond acceptors (Lipinski definition) is 5. The van der Waals surface area contributed by atoms with E-state index in [0.717, 1.165) is 61.9 Å². The van der Waals surface area contributed by atoms with Crippen LogP contribution >= 0.6 is 12.4 Å². The van der Waals surface area contributed by atoms with Crippen LogP contribution in [0.1, 0.15) is 53.7 Å². The maximum absolute atomic E-state index is 13.9. The van der Waals surface area contributed by atoms with Gasteiger partial charge in [-0.3, -0.25) is 4.79 Å². The molecule has 0 radical (unpaired) electrons. The van der Waals surface area contributed by atoms with E-state index >= 15 is 0 Å². The Balaban J connectivity index is 0.00000462. The van der Waals surface area contributed by atoms with E-state index in [-0.39, 0.29) is 31.3 Å². The van der Waals surface area contributed by atoms with Gasteiger partial charge in [0.05, 0.1) is 23.5 Å². The zero-order valence-corrected chi connectivity index (χ0v) is 24.6. The van der Waals surface area contributed by atoms with Gasteiger partial charge in [-0.1, -0.05) is 44.5 Å². The monoisotopic (exact) mass is 586 g/mol. The molecule has 9 heteroatoms. The van der Waals surface area contributed by atoms with Crippen LogP contribution in [0.3, 0.4) is 0 Å². The second kappa shape index (κ2) is 15.7. The lowest BCUT2D eigenvalue weighted by Crippen LogP contribution is -2.48. The van der Waals surface area contributed by atoms with Gasteiger partial charge in [-0.05, 0) is 66.3 Å². The number of benzene rings is 3. The Labute approximate surface area is 247 Å². The van der Waals surface area contributed by atoms with E-state index in [1.807, 2.05) is 24.3 Å². The van der Waals surface area contributed by atoms with Crippen LogP contribution in [0.15, 0.2) is 60.7 Å². The minimum atomic E-state index is -0.995. The Morgan fingerprint density at radius 3 is 2.51 bits per heavy atom. The number of unbranched alkanes of at least 4 members (excludes halogenated alkanes) is 1. The van der Waals surface area contributed by atoms with Crippen LogP contribution in [0.5, 0.6) is 0 Å². The third kappa shape index (κ3) is 9.15. The molecule has 1 amide bonds. The first-order valence-corrected chi connectivity index (χ1v) is 14.2. The number of aryl methyl sites for hydroxylation is 1. The van der Waals surface area contributed by atoms with Crippen molar-refractivity contribution < 1.29 is 18.7 Å². The molecule has 0 saturated heterocycles. The fourth-order valence-electron chi connectivity index (χ4n) is 5.10. The van der Waals surface area contributed by atoms with Crippen LogP contribution in [-0.4, -0.2) is 49.3 Å². The van der Waals surface area contributed by atoms with Crippen molar-refractivity contribution >= 4 is 29.7 Å². The normalized spacial score (nSPS) is 13.9. The van der Waals surface area contributed by atoms with Crippen molar-refractivity contribution in [2.24, 2.45) is 0 Å². The second-order valence-electron chi connectivity index (χ2n) is 10.4. The van der Waals surface area contributed by atoms with Crippen LogP contribution in [0.2, 0.25) is 0 Å². The molecule has 6 nitrogen and oxygen atoms in total. The summed E-state index contributed by atoms with van der Waals surface area (Å²) in [6, 6.07) is 16.2. The van der Waals surface area contributed by atoms with E-state index in [2.05, 4.69) is 46.8 Å². The predicted molar refractivity (Wildman–Crippen MR) is 164 cm³/mol. The number of aliphatic hydroxyl groups excluding tert-OH is 1. The number of fused-ring (bicyclic) bond motifs is 1. The molecule has 1 aliphatic heterocycles. The topological polar surface area (TPSA) is 76.6 Å². The molecule has 41 heavy (non-hydrogen) atoms. The Morgan fingerprint density at radius 1 is 1.02 bits per heavy atom. The number of anilines is 2. The summed E-state index contributed by atoms with van der Waals surface area (Å²) < 4.78 is 27.9. The van der Waals surface area contributed by atoms with Crippen molar-refractivity contribution in [1.29, 1.82) is 0 Å². The molecule has 1 aliphatic rings. The first kappa shape index (κ1) is 32.3. The highest BCUT2D eigenvalue weighted by Gasteiger charge is 2.24. The highest BCUT2D eigenvalue weighted by atomic mass is 35.5. The molecule has 4 N–H and O–H groups in total. The predicted octanol–water partition coefficient (Wildman–Crippen LogP) is 5.47. The van der Waals surface area contributed by atoms with Crippen LogP contribution in [0.4, 0.5) is 20.2 Å². The van der Waals surface area contributed by atoms with Gasteiger partial charge in [0.2, 0.25) is 0 Å². The Bertz CT molecular complexity index is 1270. The standard InChI is InChI=1S/C32H40F2N4O2.ClH/c1-3-5-12-38-13-11-36-28-10-9-25(18-30(28)38)32(40)37-29(17-24-15-26(33)19-27(34)16-24)31(39)21-35-20-23-8-6-7-22(4-2)14-23;/h6-10,14-16,18-19,29,31,35-36,39H,3-5,11-13,17,20-21H2,1-2H3,(H,37,40);1H/t29-,31+;/m0./s1. The number of amides is 1. The average Bonchev–Trinajstić information content (AvgIpc) is 2.95. The summed E-state index contributed by atoms with van der Waals surface area (Å²) in [6.07, 6.45) is 2.15. The second-order valence-corrected chi connectivity index (χ2v) is 10.4. The van der Waals surface area contributed by atoms with Crippen molar-refractivity contribution in [2.75, 3.05) is 36.4 Å². The summed E-state index contributed by atoms with van der Waals surface area (Å²) in [5.74, 6) is -1.74. The molecule has 3 aromatic rings. The Kier molecular flexibility index (Phi) is 12.4. The van der Waals surface area contributed by atoms with Gasteiger partial charge < -0.3 is 26.0 Å². The van der Waals surface area contributed by atoms with Crippen molar-refractivity contribution in [2.45, 2.75) is 58.2 Å². The number of nitrogens with one attached hydrogen (secondary N) is 3. The van der Waals surface area contributed by atoms with E-state index in [1.165, 1.54) is 17.7 Å². The lowest BCUT2D eigenvalue weighted by atomic mass is 9.99. The summed E-state index contributed by atoms with van der Waals surface area (Å²) in [7, 11) is 0. The van der Waals surface area contributed by atoms with Gasteiger partial charge in [-0.25, -0.2) is 8.78 Å². The largest absolute Gasteiger partial charge is 0.390 e. The van der Waals surface area contributed by atoms with E-state index in [0.29, 0.717) is 17.7 Å². The Morgan fingerprint density at radius 2 is 1.78 bits per heavy atom. The number of halogens is 3. The molecule has 0 saturated carbocycles. The number of rotatable bonds is 13. The lowest BCUT2D eigenvalue weighted by molar-refractivity contribution is 0.0830. The average molecular weight is 587 g/mol. The number of aliphatic hydroxyl groups is 1. The van der Waals surface area contributed by atoms with Gasteiger partial charge in [-0.15, -0.1) is 12.4 Å². The minimum Gasteiger partial charge on any atom is -0.390 e. The zero-order valence-electron chi connectivity index (χ0n) is 23.8. The van der Waals surface area contributed by atoms with E-state index in [1.54, 1.807) is 6.07 Å². The lowest BCUT2D eigenvalue weighted by Gasteiger charge is -2.32. The molecule has 2 atom stereocenters. The molecule has 0 bridgehead atoms. The molecular formula is C32H41ClF2N4O2. The smallest absolute Gasteiger partial charge is 0.251 e. The van der Waals surface area contributed by atoms with E-state index in [9.17, 15) is 18.7 Å². The van der Waals surface area contributed by atoms with Crippen molar-refractivity contribution in [3.05, 3.63) is 94.6 Å². The summed E-state index contributed by atoms with van der Waals surface area (Å²) >= 11 is 0. The number of carbonyl (C=O) groups excluding carboxylic acids is 1. The molecule has 3 aromatic carbocycles. The molecule has 0 unspecified atom stereocenters. The maximum atomic E-state index is 13.9. The van der Waals surface area contributed by atoms with E-state index in [4.69, 9.17) is 0 Å². The first-order chi connectivity index (χ1) is 19.4. The summed E-state index contributed by atoms with van der Waals surface area (Å²) in [5, 5.41) is 20.7. The molecule has 4 rings (SSSR count). The number of carbonyl (C=O) groups is 1. The number of nitrogens with zero attached hydrogens (tertiary/aromatic N) is 1. The molecule has 1 heterocycles. The molecular weight excluding hydrogens is 546 g/mol. The van der Waals surface area contributed by atoms with Crippen LogP contribution in [-0.2, 0) is 19.4 Å². The SMILES string of the molecule is CCCCN1CCNc2ccc(C(=O)N[C@@H](Cc3cc(F)cc(F)c3)[C@H](O)CNCc3cccc(CC)c3)cc21.Cl. The van der Waals surface area contributed by atoms with Gasteiger partial charge in [0.15, 0.2) is 0 Å². The summed E-state index contributed by atoms with van der Waals surface area (Å²) in [4.78, 5) is 15.7. The van der Waals surface area contributed by atoms with Gasteiger partial charge in [0.1, 0.15) is 11.6 Å². The van der Waals surface area contributed by atoms with Gasteiger partial charge in [0.25, 0.3) is 5.91 Å². The van der Waals surface area contributed by atoms with Crippen molar-refractivity contribution in [3.8, 4) is 0 Å². The van der Waals surface area contributed by atoms with Crippen molar-refractivity contribution in [1.82, 2.24) is 10.6 Å². The summed E-state index contributed by atoms with van der Waals surface area (Å²) in [6.45, 7) is 7.60. The van der Waals surface area contributed by atoms with Crippen molar-refractivity contribution in [3.63, 3.8) is 0 Å². The van der Waals surface area contributed by atoms with E-state index < -0.39 is 23.8 Å². The molecule has 0 aliphatic carbocycles. The highest BCUT2D eigenvalue weighted by molar-refractivity contribution is 5.96. The van der Waals surface area contributed by atoms with Gasteiger partial charge >= 0.3 is 0 Å². The Hall–Kier alpha value is -3.20. The number of hydrogen-bond donors (Lipinski definition) is 4. The third-order valence-corrected chi connectivity index (χ3v) is 7.32. The molecule has 0 aromatic heterocycles. The molecule has 0 spiro atoms. The zero-order chi connectivity index (χ0) is 28.5. The minimum absolute atomic E-state index is 0. The fourth-order valence-corrected chi connectivity index (χ4v) is 5.10. The van der Waals surface area contributed by atoms with Gasteiger partial charge in [-0.2, -0.15) is 0 Å².